The van der Waals surface area contributed by atoms with Gasteiger partial charge in [-0.1, -0.05) is 24.3 Å². The molecule has 2 amide bonds. The van der Waals surface area contributed by atoms with Crippen molar-refractivity contribution in [3.63, 3.8) is 0 Å². The maximum atomic E-state index is 12.9. The van der Waals surface area contributed by atoms with Gasteiger partial charge in [0.2, 0.25) is 0 Å². The van der Waals surface area contributed by atoms with Crippen LogP contribution in [0.15, 0.2) is 54.6 Å². The minimum absolute atomic E-state index is 0.297. The summed E-state index contributed by atoms with van der Waals surface area (Å²) in [5.41, 5.74) is 3.90. The molecule has 8 nitrogen and oxygen atoms in total. The predicted molar refractivity (Wildman–Crippen MR) is 123 cm³/mol. The van der Waals surface area contributed by atoms with Gasteiger partial charge in [0.25, 0.3) is 0 Å². The highest BCUT2D eigenvalue weighted by atomic mass is 16.5. The van der Waals surface area contributed by atoms with Crippen molar-refractivity contribution < 1.29 is 9.53 Å². The molecule has 8 heteroatoms. The van der Waals surface area contributed by atoms with Gasteiger partial charge < -0.3 is 15.0 Å². The van der Waals surface area contributed by atoms with Crippen molar-refractivity contribution in [3.8, 4) is 5.75 Å². The number of aromatic amines is 1. The Hall–Kier alpha value is -3.81. The van der Waals surface area contributed by atoms with Crippen LogP contribution in [0.25, 0.3) is 11.0 Å². The van der Waals surface area contributed by atoms with Crippen LogP contribution >= 0.6 is 0 Å². The molecule has 2 heterocycles. The Labute approximate surface area is 186 Å². The van der Waals surface area contributed by atoms with Crippen molar-refractivity contribution in [2.24, 2.45) is 7.05 Å². The minimum Gasteiger partial charge on any atom is -0.497 e. The van der Waals surface area contributed by atoms with Gasteiger partial charge in [0.15, 0.2) is 0 Å². The molecule has 3 N–H and O–H groups in total. The number of amides is 2. The molecule has 0 aliphatic heterocycles. The van der Waals surface area contributed by atoms with Gasteiger partial charge in [0, 0.05) is 19.0 Å². The lowest BCUT2D eigenvalue weighted by Gasteiger charge is -2.17. The van der Waals surface area contributed by atoms with Gasteiger partial charge in [-0.05, 0) is 49.1 Å². The van der Waals surface area contributed by atoms with Crippen LogP contribution in [0.3, 0.4) is 0 Å². The summed E-state index contributed by atoms with van der Waals surface area (Å²) in [6.45, 7) is 0. The summed E-state index contributed by atoms with van der Waals surface area (Å²) in [5.74, 6) is 2.71. The lowest BCUT2D eigenvalue weighted by Crippen LogP contribution is -2.34. The number of ether oxygens (including phenoxy) is 1. The first-order valence-corrected chi connectivity index (χ1v) is 10.8. The molecule has 0 spiro atoms. The molecule has 2 aromatic carbocycles. The summed E-state index contributed by atoms with van der Waals surface area (Å²) >= 11 is 0. The maximum Gasteiger partial charge on any atom is 0.320 e. The normalized spacial score (nSPS) is 14.3. The molecule has 1 saturated carbocycles. The van der Waals surface area contributed by atoms with E-state index in [9.17, 15) is 4.79 Å². The van der Waals surface area contributed by atoms with Crippen LogP contribution < -0.4 is 15.4 Å². The van der Waals surface area contributed by atoms with Crippen molar-refractivity contribution in [1.29, 1.82) is 0 Å². The van der Waals surface area contributed by atoms with E-state index in [-0.39, 0.29) is 12.1 Å². The van der Waals surface area contributed by atoms with E-state index < -0.39 is 0 Å². The van der Waals surface area contributed by atoms with Gasteiger partial charge in [-0.15, -0.1) is 0 Å². The van der Waals surface area contributed by atoms with Crippen molar-refractivity contribution in [1.82, 2.24) is 25.1 Å². The van der Waals surface area contributed by atoms with Crippen LogP contribution in [0.5, 0.6) is 5.75 Å². The smallest absolute Gasteiger partial charge is 0.320 e. The van der Waals surface area contributed by atoms with E-state index in [0.717, 1.165) is 28.0 Å². The first kappa shape index (κ1) is 20.1. The number of methoxy groups -OCH3 is 1. The van der Waals surface area contributed by atoms with E-state index in [2.05, 4.69) is 20.7 Å². The van der Waals surface area contributed by atoms with E-state index in [4.69, 9.17) is 9.72 Å². The molecule has 5 rings (SSSR count). The van der Waals surface area contributed by atoms with Gasteiger partial charge in [0.1, 0.15) is 17.4 Å². The minimum atomic E-state index is -0.341. The van der Waals surface area contributed by atoms with Gasteiger partial charge in [-0.25, -0.2) is 9.78 Å². The molecular weight excluding hydrogens is 404 g/mol. The number of nitrogens with one attached hydrogen (secondary N) is 3. The number of para-hydroxylation sites is 2. The highest BCUT2D eigenvalue weighted by Crippen LogP contribution is 2.39. The van der Waals surface area contributed by atoms with Crippen molar-refractivity contribution in [2.45, 2.75) is 31.2 Å². The van der Waals surface area contributed by atoms with Gasteiger partial charge in [-0.2, -0.15) is 5.10 Å². The maximum absolute atomic E-state index is 12.9. The average Bonchev–Trinajstić information content (AvgIpc) is 3.46. The summed E-state index contributed by atoms with van der Waals surface area (Å²) in [6, 6.07) is 17.0. The fraction of sp³-hybridized carbons (Fsp3) is 0.292. The number of urea groups is 1. The van der Waals surface area contributed by atoms with E-state index in [1.54, 1.807) is 11.8 Å². The third kappa shape index (κ3) is 4.30. The van der Waals surface area contributed by atoms with E-state index >= 15 is 0 Å². The summed E-state index contributed by atoms with van der Waals surface area (Å²) < 4.78 is 6.97. The summed E-state index contributed by atoms with van der Waals surface area (Å²) in [6.07, 6.45) is 2.91. The Bertz CT molecular complexity index is 1210. The molecule has 0 bridgehead atoms. The van der Waals surface area contributed by atoms with Crippen molar-refractivity contribution in [3.05, 3.63) is 71.7 Å². The SMILES string of the molecule is COc1ccc(CC(NC(=O)Nc2cc(C3CC3)nn2C)c2nc3ccccc3[nH]2)cc1. The first-order chi connectivity index (χ1) is 15.6. The largest absolute Gasteiger partial charge is 0.497 e. The number of carbonyl (C=O) groups excluding carboxylic acids is 1. The molecule has 4 aromatic rings. The Morgan fingerprint density at radius 3 is 2.72 bits per heavy atom. The van der Waals surface area contributed by atoms with Crippen LogP contribution in [-0.2, 0) is 13.5 Å². The molecular formula is C24H26N6O2. The van der Waals surface area contributed by atoms with Gasteiger partial charge in [-0.3, -0.25) is 10.00 Å². The second kappa shape index (κ2) is 8.37. The molecule has 1 atom stereocenters. The number of fused-ring (bicyclic) bond motifs is 1. The molecule has 0 radical (unpaired) electrons. The monoisotopic (exact) mass is 430 g/mol. The Kier molecular flexibility index (Phi) is 5.26. The lowest BCUT2D eigenvalue weighted by atomic mass is 10.1. The number of nitrogens with zero attached hydrogens (tertiary/aromatic N) is 3. The molecule has 164 valence electrons. The predicted octanol–water partition coefficient (Wildman–Crippen LogP) is 4.29. The Morgan fingerprint density at radius 1 is 1.22 bits per heavy atom. The molecule has 1 aliphatic rings. The summed E-state index contributed by atoms with van der Waals surface area (Å²) in [4.78, 5) is 21.0. The van der Waals surface area contributed by atoms with Crippen LogP contribution in [0, 0.1) is 0 Å². The topological polar surface area (TPSA) is 96.9 Å². The Morgan fingerprint density at radius 2 is 2.00 bits per heavy atom. The highest BCUT2D eigenvalue weighted by molar-refractivity contribution is 5.88. The average molecular weight is 431 g/mol. The highest BCUT2D eigenvalue weighted by Gasteiger charge is 2.27. The number of benzene rings is 2. The molecule has 2 aromatic heterocycles. The molecule has 1 aliphatic carbocycles. The van der Waals surface area contributed by atoms with Crippen LogP contribution in [0.4, 0.5) is 10.6 Å². The number of H-pyrrole nitrogens is 1. The zero-order chi connectivity index (χ0) is 22.1. The van der Waals surface area contributed by atoms with E-state index in [1.165, 1.54) is 12.8 Å². The Balaban J connectivity index is 1.37. The standard InChI is InChI=1S/C24H26N6O2/c1-30-22(14-20(29-30)16-9-10-16)28-24(31)27-21(13-15-7-11-17(32-2)12-8-15)23-25-18-5-3-4-6-19(18)26-23/h3-8,11-12,14,16,21H,9-10,13H2,1-2H3,(H,25,26)(H2,27,28,31). The first-order valence-electron chi connectivity index (χ1n) is 10.8. The fourth-order valence-electron chi connectivity index (χ4n) is 3.85. The van der Waals surface area contributed by atoms with E-state index in [1.807, 2.05) is 61.6 Å². The van der Waals surface area contributed by atoms with Crippen molar-refractivity contribution in [2.75, 3.05) is 12.4 Å². The van der Waals surface area contributed by atoms with Crippen LogP contribution in [0.1, 0.15) is 41.9 Å². The third-order valence-corrected chi connectivity index (χ3v) is 5.78. The zero-order valence-electron chi connectivity index (χ0n) is 18.1. The molecule has 1 unspecified atom stereocenters. The molecule has 0 saturated heterocycles. The van der Waals surface area contributed by atoms with Crippen LogP contribution in [-0.4, -0.2) is 32.9 Å². The number of carbonyl (C=O) groups is 1. The van der Waals surface area contributed by atoms with E-state index in [0.29, 0.717) is 24.0 Å². The lowest BCUT2D eigenvalue weighted by molar-refractivity contribution is 0.248. The number of aryl methyl sites for hydroxylation is 1. The number of hydrogen-bond acceptors (Lipinski definition) is 4. The quantitative estimate of drug-likeness (QED) is 0.407. The second-order valence-electron chi connectivity index (χ2n) is 8.19. The summed E-state index contributed by atoms with van der Waals surface area (Å²) in [7, 11) is 3.49. The third-order valence-electron chi connectivity index (χ3n) is 5.78. The number of rotatable bonds is 7. The van der Waals surface area contributed by atoms with Gasteiger partial charge >= 0.3 is 6.03 Å². The van der Waals surface area contributed by atoms with Crippen LogP contribution in [0.2, 0.25) is 0 Å². The number of anilines is 1. The number of aromatic nitrogens is 4. The number of imidazole rings is 1. The number of hydrogen-bond donors (Lipinski definition) is 3. The molecule has 32 heavy (non-hydrogen) atoms. The summed E-state index contributed by atoms with van der Waals surface area (Å²) in [5, 5.41) is 10.5. The second-order valence-corrected chi connectivity index (χ2v) is 8.19. The fourth-order valence-corrected chi connectivity index (χ4v) is 3.85. The zero-order valence-corrected chi connectivity index (χ0v) is 18.1. The molecule has 1 fully saturated rings. The van der Waals surface area contributed by atoms with Gasteiger partial charge in [0.05, 0.1) is 29.9 Å². The van der Waals surface area contributed by atoms with Crippen molar-refractivity contribution >= 4 is 22.9 Å².